The molecule has 0 atom stereocenters. The molecule has 3 rings (SSSR count). The molecule has 5 heteroatoms. The molecule has 0 aliphatic carbocycles. The largest absolute Gasteiger partial charge is 0.476 e. The van der Waals surface area contributed by atoms with E-state index in [1.165, 1.54) is 17.3 Å². The maximum Gasteiger partial charge on any atom is 0.358 e. The van der Waals surface area contributed by atoms with Gasteiger partial charge in [-0.1, -0.05) is 5.16 Å². The minimum Gasteiger partial charge on any atom is -0.476 e. The monoisotopic (exact) mass is 244 g/mol. The molecule has 1 aliphatic heterocycles. The van der Waals surface area contributed by atoms with E-state index in [1.54, 1.807) is 0 Å². The quantitative estimate of drug-likeness (QED) is 0.875. The van der Waals surface area contributed by atoms with Gasteiger partial charge in [-0.05, 0) is 30.2 Å². The van der Waals surface area contributed by atoms with Gasteiger partial charge >= 0.3 is 5.97 Å². The van der Waals surface area contributed by atoms with Crippen molar-refractivity contribution in [1.29, 1.82) is 0 Å². The van der Waals surface area contributed by atoms with Crippen molar-refractivity contribution in [3.8, 4) is 11.3 Å². The van der Waals surface area contributed by atoms with Gasteiger partial charge in [-0.3, -0.25) is 0 Å². The fraction of sp³-hybridized carbons (Fsp3) is 0.231. The maximum atomic E-state index is 10.7. The van der Waals surface area contributed by atoms with Crippen LogP contribution >= 0.6 is 0 Å². The summed E-state index contributed by atoms with van der Waals surface area (Å²) in [6, 6.07) is 7.43. The number of carbonyl (C=O) groups is 1. The number of aromatic carboxylic acids is 1. The predicted molar refractivity (Wildman–Crippen MR) is 65.9 cm³/mol. The summed E-state index contributed by atoms with van der Waals surface area (Å²) < 4.78 is 5.05. The average molecular weight is 244 g/mol. The topological polar surface area (TPSA) is 66.6 Å². The SMILES string of the molecule is CN1CCc2cc(-c3cc(C(=O)O)no3)ccc21. The fourth-order valence-corrected chi connectivity index (χ4v) is 2.23. The Labute approximate surface area is 104 Å². The summed E-state index contributed by atoms with van der Waals surface area (Å²) in [7, 11) is 2.06. The molecule has 2 heterocycles. The van der Waals surface area contributed by atoms with Crippen LogP contribution in [0.3, 0.4) is 0 Å². The van der Waals surface area contributed by atoms with E-state index in [4.69, 9.17) is 9.63 Å². The summed E-state index contributed by atoms with van der Waals surface area (Å²) in [5.41, 5.74) is 3.27. The van der Waals surface area contributed by atoms with Crippen molar-refractivity contribution in [1.82, 2.24) is 5.16 Å². The van der Waals surface area contributed by atoms with Crippen LogP contribution in [0.15, 0.2) is 28.8 Å². The van der Waals surface area contributed by atoms with Gasteiger partial charge in [-0.25, -0.2) is 4.79 Å². The molecule has 0 bridgehead atoms. The molecule has 2 aromatic rings. The van der Waals surface area contributed by atoms with Crippen LogP contribution in [0.2, 0.25) is 0 Å². The summed E-state index contributed by atoms with van der Waals surface area (Å²) in [4.78, 5) is 12.9. The molecule has 0 fully saturated rings. The Balaban J connectivity index is 1.99. The molecular formula is C13H12N2O3. The smallest absolute Gasteiger partial charge is 0.358 e. The minimum atomic E-state index is -1.08. The zero-order valence-electron chi connectivity index (χ0n) is 9.88. The van der Waals surface area contributed by atoms with Crippen LogP contribution in [-0.2, 0) is 6.42 Å². The lowest BCUT2D eigenvalue weighted by molar-refractivity contribution is 0.0686. The molecule has 0 unspecified atom stereocenters. The molecule has 0 saturated heterocycles. The van der Waals surface area contributed by atoms with Gasteiger partial charge in [0.25, 0.3) is 0 Å². The maximum absolute atomic E-state index is 10.7. The van der Waals surface area contributed by atoms with Crippen molar-refractivity contribution < 1.29 is 14.4 Å². The summed E-state index contributed by atoms with van der Waals surface area (Å²) in [5.74, 6) is -0.587. The van der Waals surface area contributed by atoms with Gasteiger partial charge in [-0.15, -0.1) is 0 Å². The van der Waals surface area contributed by atoms with E-state index < -0.39 is 5.97 Å². The van der Waals surface area contributed by atoms with Crippen LogP contribution < -0.4 is 4.90 Å². The predicted octanol–water partition coefficient (Wildman–Crippen LogP) is 2.03. The van der Waals surface area contributed by atoms with Crippen molar-refractivity contribution in [2.45, 2.75) is 6.42 Å². The first-order chi connectivity index (χ1) is 8.65. The van der Waals surface area contributed by atoms with Crippen molar-refractivity contribution >= 4 is 11.7 Å². The first-order valence-corrected chi connectivity index (χ1v) is 5.69. The van der Waals surface area contributed by atoms with Crippen LogP contribution in [-0.4, -0.2) is 29.8 Å². The van der Waals surface area contributed by atoms with Gasteiger partial charge in [0.1, 0.15) is 0 Å². The zero-order valence-corrected chi connectivity index (χ0v) is 9.88. The summed E-state index contributed by atoms with van der Waals surface area (Å²) >= 11 is 0. The number of hydrogen-bond donors (Lipinski definition) is 1. The van der Waals surface area contributed by atoms with Crippen molar-refractivity contribution in [2.24, 2.45) is 0 Å². The van der Waals surface area contributed by atoms with Crippen LogP contribution in [0, 0.1) is 0 Å². The van der Waals surface area contributed by atoms with E-state index >= 15 is 0 Å². The molecule has 1 N–H and O–H groups in total. The van der Waals surface area contributed by atoms with Crippen LogP contribution in [0.4, 0.5) is 5.69 Å². The molecular weight excluding hydrogens is 232 g/mol. The number of carboxylic acids is 1. The number of likely N-dealkylation sites (N-methyl/N-ethyl adjacent to an activating group) is 1. The van der Waals surface area contributed by atoms with E-state index in [1.807, 2.05) is 18.2 Å². The second-order valence-corrected chi connectivity index (χ2v) is 4.40. The van der Waals surface area contributed by atoms with Gasteiger partial charge < -0.3 is 14.5 Å². The van der Waals surface area contributed by atoms with Crippen LogP contribution in [0.5, 0.6) is 0 Å². The summed E-state index contributed by atoms with van der Waals surface area (Å²) in [6.07, 6.45) is 1.000. The lowest BCUT2D eigenvalue weighted by Gasteiger charge is -2.11. The lowest BCUT2D eigenvalue weighted by atomic mass is 10.1. The third-order valence-electron chi connectivity index (χ3n) is 3.22. The molecule has 1 aromatic carbocycles. The molecule has 5 nitrogen and oxygen atoms in total. The second kappa shape index (κ2) is 3.87. The molecule has 92 valence electrons. The first kappa shape index (κ1) is 10.8. The van der Waals surface area contributed by atoms with Gasteiger partial charge in [-0.2, -0.15) is 0 Å². The number of aromatic nitrogens is 1. The Morgan fingerprint density at radius 3 is 3.00 bits per heavy atom. The molecule has 0 saturated carbocycles. The third kappa shape index (κ3) is 1.64. The van der Waals surface area contributed by atoms with E-state index in [0.29, 0.717) is 5.76 Å². The molecule has 0 amide bonds. The number of benzene rings is 1. The summed E-state index contributed by atoms with van der Waals surface area (Å²) in [6.45, 7) is 1.01. The highest BCUT2D eigenvalue weighted by molar-refractivity contribution is 5.86. The highest BCUT2D eigenvalue weighted by Crippen LogP contribution is 2.31. The van der Waals surface area contributed by atoms with Gasteiger partial charge in [0.15, 0.2) is 11.5 Å². The standard InChI is InChI=1S/C13H12N2O3/c1-15-5-4-8-6-9(2-3-11(8)15)12-7-10(13(16)17)14-18-12/h2-3,6-7H,4-5H2,1H3,(H,16,17). The molecule has 0 radical (unpaired) electrons. The number of nitrogens with zero attached hydrogens (tertiary/aromatic N) is 2. The Morgan fingerprint density at radius 1 is 1.44 bits per heavy atom. The molecule has 1 aromatic heterocycles. The summed E-state index contributed by atoms with van der Waals surface area (Å²) in [5, 5.41) is 12.3. The third-order valence-corrected chi connectivity index (χ3v) is 3.22. The zero-order chi connectivity index (χ0) is 12.7. The van der Waals surface area contributed by atoms with Crippen molar-refractivity contribution in [3.63, 3.8) is 0 Å². The van der Waals surface area contributed by atoms with E-state index in [-0.39, 0.29) is 5.69 Å². The highest BCUT2D eigenvalue weighted by atomic mass is 16.5. The van der Waals surface area contributed by atoms with Crippen molar-refractivity contribution in [3.05, 3.63) is 35.5 Å². The van der Waals surface area contributed by atoms with Crippen molar-refractivity contribution in [2.75, 3.05) is 18.5 Å². The Kier molecular flexibility index (Phi) is 2.33. The van der Waals surface area contributed by atoms with Gasteiger partial charge in [0.2, 0.25) is 0 Å². The second-order valence-electron chi connectivity index (χ2n) is 4.40. The van der Waals surface area contributed by atoms with Crippen LogP contribution in [0.1, 0.15) is 16.1 Å². The number of rotatable bonds is 2. The number of carboxylic acid groups (broad SMARTS) is 1. The number of hydrogen-bond acceptors (Lipinski definition) is 4. The number of fused-ring (bicyclic) bond motifs is 1. The van der Waals surface area contributed by atoms with E-state index in [2.05, 4.69) is 17.1 Å². The first-order valence-electron chi connectivity index (χ1n) is 5.69. The van der Waals surface area contributed by atoms with E-state index in [9.17, 15) is 4.79 Å². The lowest BCUT2D eigenvalue weighted by Crippen LogP contribution is -2.12. The molecule has 18 heavy (non-hydrogen) atoms. The highest BCUT2D eigenvalue weighted by Gasteiger charge is 2.18. The molecule has 1 aliphatic rings. The Bertz CT molecular complexity index is 618. The van der Waals surface area contributed by atoms with Gasteiger partial charge in [0.05, 0.1) is 0 Å². The Morgan fingerprint density at radius 2 is 2.28 bits per heavy atom. The number of anilines is 1. The molecule has 0 spiro atoms. The Hall–Kier alpha value is -2.30. The van der Waals surface area contributed by atoms with Crippen LogP contribution in [0.25, 0.3) is 11.3 Å². The fourth-order valence-electron chi connectivity index (χ4n) is 2.23. The average Bonchev–Trinajstić information content (AvgIpc) is 2.96. The van der Waals surface area contributed by atoms with E-state index in [0.717, 1.165) is 18.5 Å². The normalized spacial score (nSPS) is 13.7. The minimum absolute atomic E-state index is 0.0670. The van der Waals surface area contributed by atoms with Gasteiger partial charge in [0, 0.05) is 30.9 Å².